The van der Waals surface area contributed by atoms with Crippen LogP contribution in [-0.2, 0) is 0 Å². The fourth-order valence-electron chi connectivity index (χ4n) is 2.72. The molecule has 0 amide bonds. The number of aryl methyl sites for hydroxylation is 2. The summed E-state index contributed by atoms with van der Waals surface area (Å²) in [5.74, 6) is 0. The van der Waals surface area contributed by atoms with Crippen LogP contribution in [0.15, 0.2) is 59.1 Å². The molecule has 2 heteroatoms. The Morgan fingerprint density at radius 1 is 0.810 bits per heavy atom. The van der Waals surface area contributed by atoms with Crippen molar-refractivity contribution in [2.75, 3.05) is 0 Å². The Kier molecular flexibility index (Phi) is 4.19. The minimum absolute atomic E-state index is 0.204. The van der Waals surface area contributed by atoms with Gasteiger partial charge in [0, 0.05) is 4.47 Å². The van der Waals surface area contributed by atoms with Crippen molar-refractivity contribution in [3.05, 3.63) is 81.3 Å². The van der Waals surface area contributed by atoms with E-state index in [1.54, 1.807) is 0 Å². The summed E-state index contributed by atoms with van der Waals surface area (Å²) in [4.78, 5) is 0.204. The SMILES string of the molecule is Cc1cc(C(Br)c2cccc3ccccc23)c(C)cc1Br. The van der Waals surface area contributed by atoms with Gasteiger partial charge in [-0.25, -0.2) is 0 Å². The molecule has 0 aliphatic carbocycles. The van der Waals surface area contributed by atoms with Crippen molar-refractivity contribution in [1.29, 1.82) is 0 Å². The van der Waals surface area contributed by atoms with Crippen molar-refractivity contribution in [2.45, 2.75) is 18.7 Å². The standard InChI is InChI=1S/C19H16Br2/c1-12-11-18(20)13(2)10-17(12)19(21)16-9-5-7-14-6-3-4-8-15(14)16/h3-11,19H,1-2H3. The van der Waals surface area contributed by atoms with Gasteiger partial charge in [-0.15, -0.1) is 0 Å². The maximum absolute atomic E-state index is 3.91. The summed E-state index contributed by atoms with van der Waals surface area (Å²) in [5, 5.41) is 2.59. The third kappa shape index (κ3) is 2.79. The van der Waals surface area contributed by atoms with Gasteiger partial charge in [0.25, 0.3) is 0 Å². The van der Waals surface area contributed by atoms with Crippen molar-refractivity contribution < 1.29 is 0 Å². The van der Waals surface area contributed by atoms with Crippen molar-refractivity contribution in [1.82, 2.24) is 0 Å². The zero-order chi connectivity index (χ0) is 15.0. The van der Waals surface area contributed by atoms with E-state index in [1.165, 1.54) is 37.5 Å². The maximum Gasteiger partial charge on any atom is 0.0653 e. The van der Waals surface area contributed by atoms with Gasteiger partial charge in [0.15, 0.2) is 0 Å². The van der Waals surface area contributed by atoms with Crippen LogP contribution < -0.4 is 0 Å². The number of hydrogen-bond acceptors (Lipinski definition) is 0. The molecule has 0 nitrogen and oxygen atoms in total. The Bertz CT molecular complexity index is 801. The molecule has 21 heavy (non-hydrogen) atoms. The molecule has 1 atom stereocenters. The van der Waals surface area contributed by atoms with Crippen LogP contribution in [0, 0.1) is 13.8 Å². The second-order valence-electron chi connectivity index (χ2n) is 5.39. The third-order valence-electron chi connectivity index (χ3n) is 3.92. The predicted octanol–water partition coefficient (Wildman–Crippen LogP) is 6.70. The molecule has 0 aromatic heterocycles. The van der Waals surface area contributed by atoms with Crippen molar-refractivity contribution >= 4 is 42.6 Å². The fourth-order valence-corrected chi connectivity index (χ4v) is 4.07. The largest absolute Gasteiger partial charge is 0.0786 e. The summed E-state index contributed by atoms with van der Waals surface area (Å²) in [7, 11) is 0. The zero-order valence-electron chi connectivity index (χ0n) is 12.0. The van der Waals surface area contributed by atoms with Gasteiger partial charge in [0.05, 0.1) is 4.83 Å². The number of hydrogen-bond donors (Lipinski definition) is 0. The first-order valence-corrected chi connectivity index (χ1v) is 8.67. The molecule has 3 aromatic rings. The minimum Gasteiger partial charge on any atom is -0.0786 e. The number of fused-ring (bicyclic) bond motifs is 1. The van der Waals surface area contributed by atoms with E-state index in [9.17, 15) is 0 Å². The van der Waals surface area contributed by atoms with Gasteiger partial charge >= 0.3 is 0 Å². The van der Waals surface area contributed by atoms with Gasteiger partial charge in [-0.05, 0) is 52.9 Å². The lowest BCUT2D eigenvalue weighted by molar-refractivity contribution is 1.14. The fraction of sp³-hybridized carbons (Fsp3) is 0.158. The lowest BCUT2D eigenvalue weighted by Gasteiger charge is -2.17. The molecule has 0 aliphatic rings. The van der Waals surface area contributed by atoms with E-state index < -0.39 is 0 Å². The Morgan fingerprint density at radius 3 is 2.33 bits per heavy atom. The second-order valence-corrected chi connectivity index (χ2v) is 7.16. The summed E-state index contributed by atoms with van der Waals surface area (Å²) >= 11 is 7.52. The lowest BCUT2D eigenvalue weighted by atomic mass is 9.95. The molecule has 0 heterocycles. The van der Waals surface area contributed by atoms with Gasteiger partial charge in [-0.1, -0.05) is 80.4 Å². The van der Waals surface area contributed by atoms with Crippen LogP contribution in [-0.4, -0.2) is 0 Å². The summed E-state index contributed by atoms with van der Waals surface area (Å²) in [6.45, 7) is 4.30. The van der Waals surface area contributed by atoms with E-state index in [0.29, 0.717) is 0 Å². The summed E-state index contributed by atoms with van der Waals surface area (Å²) in [6, 6.07) is 19.5. The summed E-state index contributed by atoms with van der Waals surface area (Å²) < 4.78 is 1.17. The number of benzene rings is 3. The Balaban J connectivity index is 2.17. The van der Waals surface area contributed by atoms with Crippen LogP contribution in [0.1, 0.15) is 27.1 Å². The van der Waals surface area contributed by atoms with Gasteiger partial charge in [0.1, 0.15) is 0 Å². The van der Waals surface area contributed by atoms with Crippen molar-refractivity contribution in [3.63, 3.8) is 0 Å². The highest BCUT2D eigenvalue weighted by atomic mass is 79.9. The van der Waals surface area contributed by atoms with Gasteiger partial charge in [-0.2, -0.15) is 0 Å². The van der Waals surface area contributed by atoms with Gasteiger partial charge in [-0.3, -0.25) is 0 Å². The zero-order valence-corrected chi connectivity index (χ0v) is 15.2. The van der Waals surface area contributed by atoms with Crippen molar-refractivity contribution in [2.24, 2.45) is 0 Å². The number of rotatable bonds is 2. The molecule has 0 saturated heterocycles. The highest BCUT2D eigenvalue weighted by Gasteiger charge is 2.16. The Morgan fingerprint density at radius 2 is 1.52 bits per heavy atom. The minimum atomic E-state index is 0.204. The molecule has 0 spiro atoms. The quantitative estimate of drug-likeness (QED) is 0.417. The van der Waals surface area contributed by atoms with Crippen LogP contribution in [0.5, 0.6) is 0 Å². The van der Waals surface area contributed by atoms with E-state index in [4.69, 9.17) is 0 Å². The monoisotopic (exact) mass is 402 g/mol. The average molecular weight is 404 g/mol. The molecule has 1 unspecified atom stereocenters. The first kappa shape index (κ1) is 14.8. The van der Waals surface area contributed by atoms with Crippen molar-refractivity contribution in [3.8, 4) is 0 Å². The highest BCUT2D eigenvalue weighted by molar-refractivity contribution is 9.10. The molecule has 0 aliphatic heterocycles. The molecule has 0 radical (unpaired) electrons. The molecule has 3 rings (SSSR count). The topological polar surface area (TPSA) is 0 Å². The number of halogens is 2. The number of alkyl halides is 1. The first-order valence-electron chi connectivity index (χ1n) is 6.96. The predicted molar refractivity (Wildman–Crippen MR) is 98.3 cm³/mol. The third-order valence-corrected chi connectivity index (χ3v) is 5.76. The van der Waals surface area contributed by atoms with E-state index in [-0.39, 0.29) is 4.83 Å². The van der Waals surface area contributed by atoms with Crippen LogP contribution in [0.4, 0.5) is 0 Å². The average Bonchev–Trinajstić information content (AvgIpc) is 2.49. The normalized spacial score (nSPS) is 12.6. The van der Waals surface area contributed by atoms with Gasteiger partial charge in [0.2, 0.25) is 0 Å². The van der Waals surface area contributed by atoms with Gasteiger partial charge < -0.3 is 0 Å². The molecule has 3 aromatic carbocycles. The van der Waals surface area contributed by atoms with E-state index in [2.05, 4.69) is 100 Å². The molecular formula is C19H16Br2. The smallest absolute Gasteiger partial charge is 0.0653 e. The lowest BCUT2D eigenvalue weighted by Crippen LogP contribution is -1.98. The molecule has 0 saturated carbocycles. The molecule has 106 valence electrons. The van der Waals surface area contributed by atoms with E-state index in [1.807, 2.05) is 0 Å². The van der Waals surface area contributed by atoms with E-state index >= 15 is 0 Å². The summed E-state index contributed by atoms with van der Waals surface area (Å²) in [5.41, 5.74) is 5.20. The highest BCUT2D eigenvalue weighted by Crippen LogP contribution is 2.38. The second kappa shape index (κ2) is 5.94. The van der Waals surface area contributed by atoms with Crippen LogP contribution >= 0.6 is 31.9 Å². The molecule has 0 fully saturated rings. The molecule has 0 bridgehead atoms. The summed E-state index contributed by atoms with van der Waals surface area (Å²) in [6.07, 6.45) is 0. The molecule has 0 N–H and O–H groups in total. The Hall–Kier alpha value is -1.12. The van der Waals surface area contributed by atoms with Crippen LogP contribution in [0.25, 0.3) is 10.8 Å². The maximum atomic E-state index is 3.91. The van der Waals surface area contributed by atoms with E-state index in [0.717, 1.165) is 0 Å². The van der Waals surface area contributed by atoms with Crippen LogP contribution in [0.3, 0.4) is 0 Å². The van der Waals surface area contributed by atoms with Crippen LogP contribution in [0.2, 0.25) is 0 Å². The molecular weight excluding hydrogens is 388 g/mol. The Labute approximate surface area is 142 Å². The first-order chi connectivity index (χ1) is 10.1.